The molecule has 0 radical (unpaired) electrons. The summed E-state index contributed by atoms with van der Waals surface area (Å²) in [5.41, 5.74) is 0. The second kappa shape index (κ2) is 5.17. The molecule has 88 valence electrons. The summed E-state index contributed by atoms with van der Waals surface area (Å²) in [4.78, 5) is 4.37. The van der Waals surface area contributed by atoms with Gasteiger partial charge in [0.05, 0.1) is 0 Å². The molecule has 1 saturated carbocycles. The number of hydrogen-bond acceptors (Lipinski definition) is 2. The Kier molecular flexibility index (Phi) is 3.85. The first-order valence-corrected chi connectivity index (χ1v) is 6.84. The molecule has 1 heterocycles. The Morgan fingerprint density at radius 3 is 2.81 bits per heavy atom. The first-order chi connectivity index (χ1) is 7.66. The number of aromatic nitrogens is 1. The maximum Gasteiger partial charge on any atom is 0.126 e. The predicted molar refractivity (Wildman–Crippen MR) is 71.5 cm³/mol. The molecule has 0 saturated heterocycles. The highest BCUT2D eigenvalue weighted by atomic mass is 79.9. The maximum atomic E-state index is 4.37. The van der Waals surface area contributed by atoms with Crippen molar-refractivity contribution < 1.29 is 0 Å². The van der Waals surface area contributed by atoms with E-state index in [1.165, 1.54) is 19.3 Å². The number of pyridine rings is 1. The van der Waals surface area contributed by atoms with Crippen LogP contribution in [0.15, 0.2) is 22.8 Å². The summed E-state index contributed by atoms with van der Waals surface area (Å²) in [6.07, 6.45) is 5.81. The molecule has 3 heteroatoms. The van der Waals surface area contributed by atoms with Crippen LogP contribution in [-0.4, -0.2) is 11.0 Å². The van der Waals surface area contributed by atoms with Crippen molar-refractivity contribution in [3.8, 4) is 0 Å². The molecule has 0 amide bonds. The van der Waals surface area contributed by atoms with Crippen LogP contribution in [0, 0.1) is 11.8 Å². The Morgan fingerprint density at radius 2 is 2.12 bits per heavy atom. The first kappa shape index (κ1) is 11.9. The first-order valence-electron chi connectivity index (χ1n) is 6.05. The average molecular weight is 283 g/mol. The van der Waals surface area contributed by atoms with Gasteiger partial charge >= 0.3 is 0 Å². The Bertz CT molecular complexity index is 336. The zero-order chi connectivity index (χ0) is 11.5. The molecule has 1 aliphatic rings. The molecule has 3 atom stereocenters. The molecule has 1 aromatic heterocycles. The van der Waals surface area contributed by atoms with E-state index in [-0.39, 0.29) is 0 Å². The number of hydrogen-bond donors (Lipinski definition) is 1. The zero-order valence-electron chi connectivity index (χ0n) is 9.91. The molecule has 1 fully saturated rings. The summed E-state index contributed by atoms with van der Waals surface area (Å²) in [7, 11) is 0. The van der Waals surface area contributed by atoms with Crippen LogP contribution in [0.4, 0.5) is 5.82 Å². The van der Waals surface area contributed by atoms with Gasteiger partial charge in [-0.2, -0.15) is 0 Å². The molecule has 3 unspecified atom stereocenters. The van der Waals surface area contributed by atoms with Crippen molar-refractivity contribution in [2.45, 2.75) is 39.2 Å². The van der Waals surface area contributed by atoms with E-state index in [0.29, 0.717) is 6.04 Å². The quantitative estimate of drug-likeness (QED) is 0.884. The van der Waals surface area contributed by atoms with Crippen molar-refractivity contribution in [3.63, 3.8) is 0 Å². The van der Waals surface area contributed by atoms with E-state index in [1.54, 1.807) is 0 Å². The predicted octanol–water partition coefficient (Wildman–Crippen LogP) is 4.08. The van der Waals surface area contributed by atoms with Crippen molar-refractivity contribution in [1.82, 2.24) is 4.98 Å². The smallest absolute Gasteiger partial charge is 0.126 e. The van der Waals surface area contributed by atoms with Crippen LogP contribution in [0.2, 0.25) is 0 Å². The molecular weight excluding hydrogens is 264 g/mol. The number of halogens is 1. The monoisotopic (exact) mass is 282 g/mol. The van der Waals surface area contributed by atoms with Crippen LogP contribution in [-0.2, 0) is 0 Å². The molecule has 0 bridgehead atoms. The topological polar surface area (TPSA) is 24.9 Å². The van der Waals surface area contributed by atoms with Gasteiger partial charge in [-0.1, -0.05) is 26.7 Å². The fourth-order valence-corrected chi connectivity index (χ4v) is 2.67. The highest BCUT2D eigenvalue weighted by molar-refractivity contribution is 9.10. The fourth-order valence-electron chi connectivity index (χ4n) is 2.44. The number of nitrogens with one attached hydrogen (secondary N) is 1. The van der Waals surface area contributed by atoms with Crippen LogP contribution in [0.25, 0.3) is 0 Å². The van der Waals surface area contributed by atoms with Crippen LogP contribution < -0.4 is 5.32 Å². The minimum Gasteiger partial charge on any atom is -0.367 e. The largest absolute Gasteiger partial charge is 0.367 e. The van der Waals surface area contributed by atoms with Gasteiger partial charge < -0.3 is 5.32 Å². The van der Waals surface area contributed by atoms with E-state index in [0.717, 1.165) is 22.1 Å². The van der Waals surface area contributed by atoms with Crippen LogP contribution in [0.3, 0.4) is 0 Å². The van der Waals surface area contributed by atoms with Crippen molar-refractivity contribution in [2.75, 3.05) is 5.32 Å². The summed E-state index contributed by atoms with van der Waals surface area (Å²) >= 11 is 3.40. The van der Waals surface area contributed by atoms with Gasteiger partial charge in [0.25, 0.3) is 0 Å². The lowest BCUT2D eigenvalue weighted by Gasteiger charge is -2.34. The van der Waals surface area contributed by atoms with E-state index < -0.39 is 0 Å². The lowest BCUT2D eigenvalue weighted by Crippen LogP contribution is -2.35. The number of nitrogens with zero attached hydrogens (tertiary/aromatic N) is 1. The minimum absolute atomic E-state index is 0.581. The summed E-state index contributed by atoms with van der Waals surface area (Å²) in [6, 6.07) is 4.65. The van der Waals surface area contributed by atoms with Crippen LogP contribution in [0.5, 0.6) is 0 Å². The maximum absolute atomic E-state index is 4.37. The van der Waals surface area contributed by atoms with Gasteiger partial charge in [-0.3, -0.25) is 0 Å². The highest BCUT2D eigenvalue weighted by Gasteiger charge is 2.26. The summed E-state index contributed by atoms with van der Waals surface area (Å²) < 4.78 is 1.03. The Hall–Kier alpha value is -0.570. The van der Waals surface area contributed by atoms with Crippen LogP contribution in [0.1, 0.15) is 33.1 Å². The molecule has 1 N–H and O–H groups in total. The van der Waals surface area contributed by atoms with Gasteiger partial charge in [-0.25, -0.2) is 4.98 Å². The molecule has 2 nitrogen and oxygen atoms in total. The van der Waals surface area contributed by atoms with Gasteiger partial charge in [-0.05, 0) is 46.3 Å². The molecule has 1 aliphatic carbocycles. The van der Waals surface area contributed by atoms with E-state index in [2.05, 4.69) is 40.1 Å². The standard InChI is InChI=1S/C13H19BrN2/c1-9-4-3-5-12(10(9)2)16-13-7-6-11(14)8-15-13/h6-10,12H,3-5H2,1-2H3,(H,15,16). The van der Waals surface area contributed by atoms with Gasteiger partial charge in [0.2, 0.25) is 0 Å². The van der Waals surface area contributed by atoms with Gasteiger partial charge in [0.15, 0.2) is 0 Å². The van der Waals surface area contributed by atoms with Crippen molar-refractivity contribution in [1.29, 1.82) is 0 Å². The Balaban J connectivity index is 2.00. The van der Waals surface area contributed by atoms with Crippen molar-refractivity contribution in [3.05, 3.63) is 22.8 Å². The molecular formula is C13H19BrN2. The summed E-state index contributed by atoms with van der Waals surface area (Å²) in [5.74, 6) is 2.55. The Morgan fingerprint density at radius 1 is 1.31 bits per heavy atom. The van der Waals surface area contributed by atoms with E-state index in [1.807, 2.05) is 18.3 Å². The SMILES string of the molecule is CC1CCCC(Nc2ccc(Br)cn2)C1C. The molecule has 0 aromatic carbocycles. The van der Waals surface area contributed by atoms with Gasteiger partial charge in [0, 0.05) is 16.7 Å². The molecule has 2 rings (SSSR count). The zero-order valence-corrected chi connectivity index (χ0v) is 11.5. The minimum atomic E-state index is 0.581. The lowest BCUT2D eigenvalue weighted by molar-refractivity contribution is 0.253. The van der Waals surface area contributed by atoms with Crippen LogP contribution >= 0.6 is 15.9 Å². The number of anilines is 1. The molecule has 0 spiro atoms. The second-order valence-electron chi connectivity index (χ2n) is 4.88. The third kappa shape index (κ3) is 2.76. The molecule has 0 aliphatic heterocycles. The van der Waals surface area contributed by atoms with Crippen molar-refractivity contribution in [2.24, 2.45) is 11.8 Å². The third-order valence-electron chi connectivity index (χ3n) is 3.77. The summed E-state index contributed by atoms with van der Waals surface area (Å²) in [6.45, 7) is 4.70. The van der Waals surface area contributed by atoms with E-state index in [9.17, 15) is 0 Å². The van der Waals surface area contributed by atoms with Gasteiger partial charge in [0.1, 0.15) is 5.82 Å². The van der Waals surface area contributed by atoms with Crippen molar-refractivity contribution >= 4 is 21.7 Å². The fraction of sp³-hybridized carbons (Fsp3) is 0.615. The lowest BCUT2D eigenvalue weighted by atomic mass is 9.78. The van der Waals surface area contributed by atoms with E-state index in [4.69, 9.17) is 0 Å². The molecule has 16 heavy (non-hydrogen) atoms. The highest BCUT2D eigenvalue weighted by Crippen LogP contribution is 2.31. The third-order valence-corrected chi connectivity index (χ3v) is 4.24. The Labute approximate surface area is 106 Å². The number of rotatable bonds is 2. The van der Waals surface area contributed by atoms with E-state index >= 15 is 0 Å². The van der Waals surface area contributed by atoms with Gasteiger partial charge in [-0.15, -0.1) is 0 Å². The second-order valence-corrected chi connectivity index (χ2v) is 5.80. The normalized spacial score (nSPS) is 30.1. The average Bonchev–Trinajstić information content (AvgIpc) is 2.28. The summed E-state index contributed by atoms with van der Waals surface area (Å²) in [5, 5.41) is 3.56. The molecule has 1 aromatic rings.